The second-order valence-corrected chi connectivity index (χ2v) is 6.81. The highest BCUT2D eigenvalue weighted by Crippen LogP contribution is 2.20. The van der Waals surface area contributed by atoms with Crippen molar-refractivity contribution in [2.75, 3.05) is 32.0 Å². The van der Waals surface area contributed by atoms with Crippen molar-refractivity contribution < 1.29 is 0 Å². The Hall–Kier alpha value is -1.43. The highest BCUT2D eigenvalue weighted by Gasteiger charge is 2.11. The largest absolute Gasteiger partial charge is 0.370 e. The van der Waals surface area contributed by atoms with Gasteiger partial charge in [0.25, 0.3) is 0 Å². The summed E-state index contributed by atoms with van der Waals surface area (Å²) >= 11 is 0. The summed E-state index contributed by atoms with van der Waals surface area (Å²) in [5.74, 6) is 7.19. The average Bonchev–Trinajstić information content (AvgIpc) is 2.59. The third-order valence-corrected chi connectivity index (χ3v) is 4.73. The number of hydrazine groups is 1. The summed E-state index contributed by atoms with van der Waals surface area (Å²) in [4.78, 5) is 4.75. The van der Waals surface area contributed by atoms with Gasteiger partial charge in [-0.2, -0.15) is 0 Å². The van der Waals surface area contributed by atoms with E-state index in [4.69, 9.17) is 10.8 Å². The number of aromatic nitrogens is 1. The minimum absolute atomic E-state index is 0.350. The smallest absolute Gasteiger partial charge is 0.129 e. The minimum atomic E-state index is 0.350. The van der Waals surface area contributed by atoms with E-state index in [-0.39, 0.29) is 0 Å². The number of nitrogens with two attached hydrogens (primary N) is 1. The fourth-order valence-corrected chi connectivity index (χ4v) is 3.17. The minimum Gasteiger partial charge on any atom is -0.370 e. The summed E-state index contributed by atoms with van der Waals surface area (Å²) in [7, 11) is 1.97. The number of unbranched alkanes of at least 4 members (excludes halogenated alkanes) is 1. The lowest BCUT2D eigenvalue weighted by atomic mass is 10.1. The van der Waals surface area contributed by atoms with Crippen LogP contribution in [-0.4, -0.2) is 42.7 Å². The maximum Gasteiger partial charge on any atom is 0.129 e. The van der Waals surface area contributed by atoms with Crippen molar-refractivity contribution in [3.63, 3.8) is 0 Å². The number of nitrogens with one attached hydrogen (secondary N) is 2. The maximum atomic E-state index is 6.10. The molecular weight excluding hydrogens is 298 g/mol. The van der Waals surface area contributed by atoms with Gasteiger partial charge in [0.1, 0.15) is 5.82 Å². The maximum absolute atomic E-state index is 6.10. The van der Waals surface area contributed by atoms with Crippen molar-refractivity contribution in [2.24, 2.45) is 5.84 Å². The quantitative estimate of drug-likeness (QED) is 0.266. The summed E-state index contributed by atoms with van der Waals surface area (Å²) in [6.45, 7) is 8.93. The van der Waals surface area contributed by atoms with E-state index in [1.54, 1.807) is 0 Å². The molecule has 1 unspecified atom stereocenters. The zero-order chi connectivity index (χ0) is 17.4. The van der Waals surface area contributed by atoms with Crippen LogP contribution in [0.25, 0.3) is 0 Å². The summed E-state index contributed by atoms with van der Waals surface area (Å²) in [5.41, 5.74) is 3.71. The molecule has 0 spiro atoms. The lowest BCUT2D eigenvalue weighted by Crippen LogP contribution is -2.37. The van der Waals surface area contributed by atoms with Crippen LogP contribution in [0.3, 0.4) is 0 Å². The number of rotatable bonds is 10. The Morgan fingerprint density at radius 3 is 3.00 bits per heavy atom. The summed E-state index contributed by atoms with van der Waals surface area (Å²) in [5, 5.41) is 8.60. The second kappa shape index (κ2) is 9.77. The van der Waals surface area contributed by atoms with Crippen LogP contribution in [0.5, 0.6) is 0 Å². The number of fused-ring (bicyclic) bond motifs is 1. The monoisotopic (exact) mass is 331 g/mol. The molecule has 0 aromatic carbocycles. The fraction of sp³-hybridized carbons (Fsp3) is 0.632. The molecule has 1 aromatic heterocycles. The van der Waals surface area contributed by atoms with E-state index >= 15 is 0 Å². The van der Waals surface area contributed by atoms with Gasteiger partial charge in [0, 0.05) is 31.4 Å². The van der Waals surface area contributed by atoms with Crippen LogP contribution in [0.4, 0.5) is 5.82 Å². The van der Waals surface area contributed by atoms with Crippen LogP contribution >= 0.6 is 0 Å². The first-order chi connectivity index (χ1) is 11.6. The molecule has 0 saturated carbocycles. The first kappa shape index (κ1) is 18.9. The van der Waals surface area contributed by atoms with Crippen molar-refractivity contribution in [3.05, 3.63) is 35.5 Å². The number of anilines is 1. The Bertz CT molecular complexity index is 528. The van der Waals surface area contributed by atoms with Gasteiger partial charge < -0.3 is 10.6 Å². The third kappa shape index (κ3) is 5.89. The summed E-state index contributed by atoms with van der Waals surface area (Å²) < 4.78 is 0. The molecule has 0 bridgehead atoms. The van der Waals surface area contributed by atoms with Crippen LogP contribution in [0.1, 0.15) is 43.9 Å². The Labute approximate surface area is 146 Å². The molecule has 134 valence electrons. The zero-order valence-electron chi connectivity index (χ0n) is 15.3. The van der Waals surface area contributed by atoms with Crippen LogP contribution in [0, 0.1) is 0 Å². The van der Waals surface area contributed by atoms with Gasteiger partial charge in [-0.15, -0.1) is 0 Å². The third-order valence-electron chi connectivity index (χ3n) is 4.73. The standard InChI is InChI=1S/C19H33N5/c1-15(2)18(21-3)11-14-24(20)13-5-4-8-17-10-9-16-7-6-12-22-19(16)23-17/h9-10,18,21H,1,4-8,11-14,20H2,2-3H3,(H,22,23). The van der Waals surface area contributed by atoms with Crippen molar-refractivity contribution in [3.8, 4) is 0 Å². The molecule has 24 heavy (non-hydrogen) atoms. The Kier molecular flexibility index (Phi) is 7.69. The van der Waals surface area contributed by atoms with E-state index in [0.717, 1.165) is 63.1 Å². The van der Waals surface area contributed by atoms with Crippen molar-refractivity contribution >= 4 is 5.82 Å². The van der Waals surface area contributed by atoms with E-state index in [2.05, 4.69) is 36.3 Å². The van der Waals surface area contributed by atoms with Gasteiger partial charge in [0.05, 0.1) is 0 Å². The molecule has 0 aliphatic carbocycles. The van der Waals surface area contributed by atoms with Gasteiger partial charge in [-0.1, -0.05) is 18.2 Å². The van der Waals surface area contributed by atoms with E-state index in [1.165, 1.54) is 17.7 Å². The van der Waals surface area contributed by atoms with E-state index in [9.17, 15) is 0 Å². The SMILES string of the molecule is C=C(C)C(CCN(N)CCCCc1ccc2c(n1)NCCC2)NC. The zero-order valence-corrected chi connectivity index (χ0v) is 15.3. The molecule has 0 amide bonds. The Balaban J connectivity index is 1.64. The van der Waals surface area contributed by atoms with Crippen LogP contribution in [0.2, 0.25) is 0 Å². The van der Waals surface area contributed by atoms with Crippen LogP contribution < -0.4 is 16.5 Å². The molecule has 1 aliphatic rings. The van der Waals surface area contributed by atoms with E-state index in [0.29, 0.717) is 6.04 Å². The molecule has 2 heterocycles. The molecule has 0 radical (unpaired) electrons. The molecule has 5 nitrogen and oxygen atoms in total. The lowest BCUT2D eigenvalue weighted by Gasteiger charge is -2.21. The number of hydrogen-bond donors (Lipinski definition) is 3. The summed E-state index contributed by atoms with van der Waals surface area (Å²) in [6.07, 6.45) is 6.60. The second-order valence-electron chi connectivity index (χ2n) is 6.81. The predicted octanol–water partition coefficient (Wildman–Crippen LogP) is 2.49. The number of likely N-dealkylation sites (N-methyl/N-ethyl adjacent to an activating group) is 1. The first-order valence-corrected chi connectivity index (χ1v) is 9.15. The highest BCUT2D eigenvalue weighted by atomic mass is 15.4. The molecule has 1 aromatic rings. The Morgan fingerprint density at radius 2 is 2.25 bits per heavy atom. The van der Waals surface area contributed by atoms with Gasteiger partial charge in [-0.3, -0.25) is 5.84 Å². The normalized spacial score (nSPS) is 15.0. The number of hydrogen-bond acceptors (Lipinski definition) is 5. The van der Waals surface area contributed by atoms with Gasteiger partial charge in [-0.25, -0.2) is 9.99 Å². The van der Waals surface area contributed by atoms with Crippen LogP contribution in [-0.2, 0) is 12.8 Å². The van der Waals surface area contributed by atoms with E-state index < -0.39 is 0 Å². The highest BCUT2D eigenvalue weighted by molar-refractivity contribution is 5.46. The molecule has 0 fully saturated rings. The Morgan fingerprint density at radius 1 is 1.42 bits per heavy atom. The molecule has 4 N–H and O–H groups in total. The van der Waals surface area contributed by atoms with Gasteiger partial charge in [-0.05, 0) is 64.1 Å². The first-order valence-electron chi connectivity index (χ1n) is 9.15. The number of aryl methyl sites for hydroxylation is 2. The van der Waals surface area contributed by atoms with Gasteiger partial charge in [0.15, 0.2) is 0 Å². The molecular formula is C19H33N5. The van der Waals surface area contributed by atoms with Crippen molar-refractivity contribution in [1.82, 2.24) is 15.3 Å². The molecule has 2 rings (SSSR count). The van der Waals surface area contributed by atoms with Crippen molar-refractivity contribution in [1.29, 1.82) is 0 Å². The molecule has 1 atom stereocenters. The topological polar surface area (TPSA) is 66.2 Å². The molecule has 0 saturated heterocycles. The predicted molar refractivity (Wildman–Crippen MR) is 102 cm³/mol. The van der Waals surface area contributed by atoms with Gasteiger partial charge in [0.2, 0.25) is 0 Å². The summed E-state index contributed by atoms with van der Waals surface area (Å²) in [6, 6.07) is 4.76. The average molecular weight is 332 g/mol. The number of nitrogens with zero attached hydrogens (tertiary/aromatic N) is 2. The lowest BCUT2D eigenvalue weighted by molar-refractivity contribution is 0.265. The fourth-order valence-electron chi connectivity index (χ4n) is 3.17. The van der Waals surface area contributed by atoms with E-state index in [1.807, 2.05) is 12.1 Å². The van der Waals surface area contributed by atoms with Gasteiger partial charge >= 0.3 is 0 Å². The van der Waals surface area contributed by atoms with Crippen molar-refractivity contribution in [2.45, 2.75) is 51.5 Å². The number of pyridine rings is 1. The molecule has 1 aliphatic heterocycles. The van der Waals surface area contributed by atoms with Crippen LogP contribution in [0.15, 0.2) is 24.3 Å². The molecule has 5 heteroatoms.